The molecule has 0 saturated heterocycles. The predicted molar refractivity (Wildman–Crippen MR) is 49.4 cm³/mol. The van der Waals surface area contributed by atoms with Gasteiger partial charge in [-0.25, -0.2) is 0 Å². The molecule has 0 aliphatic carbocycles. The third kappa shape index (κ3) is 6.49. The zero-order chi connectivity index (χ0) is 8.53. The summed E-state index contributed by atoms with van der Waals surface area (Å²) in [5, 5.41) is 0. The minimum Gasteiger partial charge on any atom is -0.357 e. The van der Waals surface area contributed by atoms with Crippen LogP contribution in [-0.2, 0) is 9.47 Å². The average molecular weight is 177 g/mol. The molecule has 0 spiro atoms. The Hall–Kier alpha value is 0.0969. The van der Waals surface area contributed by atoms with Crippen molar-refractivity contribution in [3.05, 3.63) is 0 Å². The van der Waals surface area contributed by atoms with Gasteiger partial charge in [0.05, 0.1) is 9.52 Å². The molecule has 0 aromatic carbocycles. The van der Waals surface area contributed by atoms with Crippen molar-refractivity contribution in [3.8, 4) is 0 Å². The van der Waals surface area contributed by atoms with Crippen LogP contribution in [0.5, 0.6) is 0 Å². The minimum atomic E-state index is -0.266. The van der Waals surface area contributed by atoms with E-state index >= 15 is 0 Å². The second kappa shape index (κ2) is 8.20. The van der Waals surface area contributed by atoms with E-state index in [2.05, 4.69) is 0 Å². The molecule has 0 aliphatic rings. The van der Waals surface area contributed by atoms with Crippen LogP contribution < -0.4 is 5.73 Å². The van der Waals surface area contributed by atoms with Crippen LogP contribution in [-0.4, -0.2) is 35.2 Å². The van der Waals surface area contributed by atoms with Gasteiger partial charge in [-0.2, -0.15) is 0 Å². The topological polar surface area (TPSA) is 44.5 Å². The minimum absolute atomic E-state index is 0.0912. The molecule has 2 N–H and O–H groups in total. The van der Waals surface area contributed by atoms with Gasteiger partial charge in [-0.3, -0.25) is 0 Å². The Morgan fingerprint density at radius 2 is 1.82 bits per heavy atom. The standard InChI is InChI=1S/C7H19NO2Si/c1-3-9-7(10-4-2)11-6-5-8/h7H,3-6,8,11H2,1-2H3. The van der Waals surface area contributed by atoms with Crippen molar-refractivity contribution in [1.29, 1.82) is 0 Å². The van der Waals surface area contributed by atoms with Gasteiger partial charge in [0.25, 0.3) is 0 Å². The maximum Gasteiger partial charge on any atom is 0.134 e. The van der Waals surface area contributed by atoms with Crippen LogP contribution in [0.1, 0.15) is 13.8 Å². The third-order valence-corrected chi connectivity index (χ3v) is 3.11. The number of hydrogen-bond acceptors (Lipinski definition) is 3. The predicted octanol–water partition coefficient (Wildman–Crippen LogP) is -0.111. The summed E-state index contributed by atoms with van der Waals surface area (Å²) < 4.78 is 10.7. The van der Waals surface area contributed by atoms with Crippen molar-refractivity contribution in [1.82, 2.24) is 0 Å². The van der Waals surface area contributed by atoms with Crippen molar-refractivity contribution in [2.24, 2.45) is 5.73 Å². The summed E-state index contributed by atoms with van der Waals surface area (Å²) in [7, 11) is -0.266. The molecule has 11 heavy (non-hydrogen) atoms. The lowest BCUT2D eigenvalue weighted by molar-refractivity contribution is -0.0827. The third-order valence-electron chi connectivity index (χ3n) is 1.35. The van der Waals surface area contributed by atoms with E-state index in [0.717, 1.165) is 25.8 Å². The lowest BCUT2D eigenvalue weighted by Gasteiger charge is -2.15. The monoisotopic (exact) mass is 177 g/mol. The zero-order valence-electron chi connectivity index (χ0n) is 7.51. The zero-order valence-corrected chi connectivity index (χ0v) is 8.92. The van der Waals surface area contributed by atoms with Crippen LogP contribution in [0.25, 0.3) is 0 Å². The normalized spacial score (nSPS) is 12.0. The molecule has 0 radical (unpaired) electrons. The van der Waals surface area contributed by atoms with E-state index in [-0.39, 0.29) is 15.4 Å². The highest BCUT2D eigenvalue weighted by atomic mass is 28.2. The number of nitrogens with two attached hydrogens (primary N) is 1. The van der Waals surface area contributed by atoms with Gasteiger partial charge in [-0.15, -0.1) is 0 Å². The Kier molecular flexibility index (Phi) is 8.27. The number of ether oxygens (including phenoxy) is 2. The summed E-state index contributed by atoms with van der Waals surface area (Å²) in [6.45, 7) is 6.22. The Morgan fingerprint density at radius 3 is 2.18 bits per heavy atom. The molecular formula is C7H19NO2Si. The van der Waals surface area contributed by atoms with Gasteiger partial charge in [-0.05, 0) is 26.4 Å². The van der Waals surface area contributed by atoms with Crippen LogP contribution in [0, 0.1) is 0 Å². The van der Waals surface area contributed by atoms with Crippen LogP contribution in [0.2, 0.25) is 6.04 Å². The SMILES string of the molecule is CCOC(OCC)[SiH2]CCN. The largest absolute Gasteiger partial charge is 0.357 e. The molecule has 0 atom stereocenters. The quantitative estimate of drug-likeness (QED) is 0.436. The smallest absolute Gasteiger partial charge is 0.134 e. The highest BCUT2D eigenvalue weighted by molar-refractivity contribution is 6.36. The Morgan fingerprint density at radius 1 is 1.27 bits per heavy atom. The highest BCUT2D eigenvalue weighted by Gasteiger charge is 2.06. The first-order chi connectivity index (χ1) is 5.35. The molecule has 4 heteroatoms. The highest BCUT2D eigenvalue weighted by Crippen LogP contribution is 1.94. The fraction of sp³-hybridized carbons (Fsp3) is 1.00. The molecule has 0 saturated carbocycles. The molecule has 0 fully saturated rings. The van der Waals surface area contributed by atoms with Crippen molar-refractivity contribution in [3.63, 3.8) is 0 Å². The summed E-state index contributed by atoms with van der Waals surface area (Å²) in [5.74, 6) is 0.0912. The number of rotatable bonds is 7. The molecule has 0 aliphatic heterocycles. The van der Waals surface area contributed by atoms with Crippen molar-refractivity contribution >= 4 is 9.52 Å². The van der Waals surface area contributed by atoms with Crippen LogP contribution >= 0.6 is 0 Å². The Labute approximate surface area is 71.1 Å². The van der Waals surface area contributed by atoms with Crippen LogP contribution in [0.15, 0.2) is 0 Å². The van der Waals surface area contributed by atoms with E-state index in [4.69, 9.17) is 15.2 Å². The first-order valence-electron chi connectivity index (χ1n) is 4.28. The van der Waals surface area contributed by atoms with Crippen molar-refractivity contribution < 1.29 is 9.47 Å². The van der Waals surface area contributed by atoms with Crippen LogP contribution in [0.3, 0.4) is 0 Å². The second-order valence-electron chi connectivity index (χ2n) is 2.27. The average Bonchev–Trinajstić information content (AvgIpc) is 2.01. The molecule has 0 bridgehead atoms. The van der Waals surface area contributed by atoms with Gasteiger partial charge in [-0.1, -0.05) is 0 Å². The van der Waals surface area contributed by atoms with Gasteiger partial charge >= 0.3 is 0 Å². The molecule has 68 valence electrons. The van der Waals surface area contributed by atoms with Crippen LogP contribution in [0.4, 0.5) is 0 Å². The molecule has 3 nitrogen and oxygen atoms in total. The first kappa shape index (κ1) is 11.1. The van der Waals surface area contributed by atoms with Gasteiger partial charge in [0.2, 0.25) is 0 Å². The molecule has 0 aromatic heterocycles. The summed E-state index contributed by atoms with van der Waals surface area (Å²) in [4.78, 5) is 0. The van der Waals surface area contributed by atoms with Gasteiger partial charge in [0, 0.05) is 13.2 Å². The molecular weight excluding hydrogens is 158 g/mol. The molecule has 0 amide bonds. The summed E-state index contributed by atoms with van der Waals surface area (Å²) >= 11 is 0. The lowest BCUT2D eigenvalue weighted by Crippen LogP contribution is -2.26. The maximum atomic E-state index is 5.39. The summed E-state index contributed by atoms with van der Waals surface area (Å²) in [6.07, 6.45) is 0. The van der Waals surface area contributed by atoms with Gasteiger partial charge in [0.15, 0.2) is 0 Å². The van der Waals surface area contributed by atoms with E-state index in [1.165, 1.54) is 0 Å². The van der Waals surface area contributed by atoms with E-state index in [0.29, 0.717) is 0 Å². The van der Waals surface area contributed by atoms with Crippen molar-refractivity contribution in [2.75, 3.05) is 19.8 Å². The van der Waals surface area contributed by atoms with E-state index in [1.807, 2.05) is 13.8 Å². The summed E-state index contributed by atoms with van der Waals surface area (Å²) in [5.41, 5.74) is 5.39. The van der Waals surface area contributed by atoms with Crippen molar-refractivity contribution in [2.45, 2.75) is 25.8 Å². The second-order valence-corrected chi connectivity index (χ2v) is 4.22. The Bertz CT molecular complexity index is 76.8. The fourth-order valence-corrected chi connectivity index (χ4v) is 2.24. The van der Waals surface area contributed by atoms with E-state index in [1.54, 1.807) is 0 Å². The van der Waals surface area contributed by atoms with Gasteiger partial charge in [0.1, 0.15) is 5.91 Å². The molecule has 0 heterocycles. The first-order valence-corrected chi connectivity index (χ1v) is 6.10. The molecule has 0 aromatic rings. The molecule has 0 rings (SSSR count). The maximum absolute atomic E-state index is 5.39. The fourth-order valence-electron chi connectivity index (χ4n) is 0.871. The summed E-state index contributed by atoms with van der Waals surface area (Å²) in [6, 6.07) is 1.10. The Balaban J connectivity index is 3.34. The van der Waals surface area contributed by atoms with Gasteiger partial charge < -0.3 is 15.2 Å². The van der Waals surface area contributed by atoms with E-state index < -0.39 is 0 Å². The number of hydrogen-bond donors (Lipinski definition) is 1. The lowest BCUT2D eigenvalue weighted by atomic mass is 10.8. The van der Waals surface area contributed by atoms with E-state index in [9.17, 15) is 0 Å². The molecule has 0 unspecified atom stereocenters.